The van der Waals surface area contributed by atoms with Crippen LogP contribution in [0.2, 0.25) is 0 Å². The molecule has 102 valence electrons. The van der Waals surface area contributed by atoms with Crippen molar-refractivity contribution in [3.63, 3.8) is 0 Å². The molecule has 1 aromatic carbocycles. The molecule has 2 N–H and O–H groups in total. The maximum atomic E-state index is 11.8. The number of phenols is 1. The second-order valence-corrected chi connectivity index (χ2v) is 4.71. The number of aliphatic hydroxyl groups is 1. The van der Waals surface area contributed by atoms with Gasteiger partial charge in [-0.05, 0) is 17.5 Å². The predicted molar refractivity (Wildman–Crippen MR) is 71.1 cm³/mol. The van der Waals surface area contributed by atoms with Crippen molar-refractivity contribution in [2.75, 3.05) is 13.7 Å². The highest BCUT2D eigenvalue weighted by Gasteiger charge is 2.13. The van der Waals surface area contributed by atoms with Gasteiger partial charge >= 0.3 is 5.63 Å². The van der Waals surface area contributed by atoms with Gasteiger partial charge in [0.25, 0.3) is 0 Å². The summed E-state index contributed by atoms with van der Waals surface area (Å²) in [5, 5.41) is 18.7. The average Bonchev–Trinajstić information content (AvgIpc) is 2.37. The summed E-state index contributed by atoms with van der Waals surface area (Å²) in [4.78, 5) is 11.8. The number of hydrogen-bond acceptors (Lipinski definition) is 5. The first-order valence-corrected chi connectivity index (χ1v) is 6.07. The van der Waals surface area contributed by atoms with Gasteiger partial charge in [0, 0.05) is 12.5 Å². The summed E-state index contributed by atoms with van der Waals surface area (Å²) in [6, 6.07) is 4.57. The molecule has 0 fully saturated rings. The van der Waals surface area contributed by atoms with E-state index in [9.17, 15) is 9.90 Å². The highest BCUT2D eigenvalue weighted by Crippen LogP contribution is 2.28. The number of aliphatic hydroxyl groups excluding tert-OH is 1. The van der Waals surface area contributed by atoms with Crippen LogP contribution in [0.3, 0.4) is 0 Å². The molecule has 0 amide bonds. The van der Waals surface area contributed by atoms with Gasteiger partial charge in [0.15, 0.2) is 0 Å². The Morgan fingerprint density at radius 3 is 2.79 bits per heavy atom. The first kappa shape index (κ1) is 13.7. The van der Waals surface area contributed by atoms with Crippen LogP contribution in [0, 0.1) is 0 Å². The largest absolute Gasteiger partial charge is 0.507 e. The molecule has 1 heterocycles. The first-order chi connectivity index (χ1) is 9.05. The highest BCUT2D eigenvalue weighted by atomic mass is 35.5. The van der Waals surface area contributed by atoms with Crippen molar-refractivity contribution in [3.8, 4) is 11.5 Å². The van der Waals surface area contributed by atoms with E-state index in [1.165, 1.54) is 13.2 Å². The van der Waals surface area contributed by atoms with Crippen LogP contribution in [-0.2, 0) is 6.42 Å². The van der Waals surface area contributed by atoms with Crippen molar-refractivity contribution in [3.05, 3.63) is 34.4 Å². The van der Waals surface area contributed by atoms with Gasteiger partial charge in [0.05, 0.1) is 19.1 Å². The van der Waals surface area contributed by atoms with Gasteiger partial charge < -0.3 is 19.4 Å². The molecule has 0 bridgehead atoms. The third-order valence-electron chi connectivity index (χ3n) is 2.72. The summed E-state index contributed by atoms with van der Waals surface area (Å²) in [5.74, 6) is 0.588. The Hall–Kier alpha value is -1.72. The fourth-order valence-corrected chi connectivity index (χ4v) is 1.98. The average molecular weight is 285 g/mol. The van der Waals surface area contributed by atoms with Gasteiger partial charge in [0.1, 0.15) is 22.6 Å². The summed E-state index contributed by atoms with van der Waals surface area (Å²) in [7, 11) is 1.47. The van der Waals surface area contributed by atoms with Crippen molar-refractivity contribution in [1.82, 2.24) is 0 Å². The predicted octanol–water partition coefficient (Wildman–Crippen LogP) is 1.65. The monoisotopic (exact) mass is 284 g/mol. The van der Waals surface area contributed by atoms with Crippen LogP contribution in [0.1, 0.15) is 5.76 Å². The minimum Gasteiger partial charge on any atom is -0.507 e. The number of halogens is 1. The van der Waals surface area contributed by atoms with E-state index in [1.54, 1.807) is 12.1 Å². The lowest BCUT2D eigenvalue weighted by Crippen LogP contribution is -2.11. The lowest BCUT2D eigenvalue weighted by atomic mass is 10.1. The highest BCUT2D eigenvalue weighted by molar-refractivity contribution is 6.20. The van der Waals surface area contributed by atoms with E-state index >= 15 is 0 Å². The standard InChI is InChI=1S/C13H13ClO5/c1-18-9-2-7-3-10(4-8(14)6-15)19-13(17)12(7)11(16)5-9/h2-3,5,8,15-16H,4,6H2,1H3/t8-/m1/s1. The van der Waals surface area contributed by atoms with E-state index in [4.69, 9.17) is 25.9 Å². The van der Waals surface area contributed by atoms with E-state index in [0.29, 0.717) is 16.9 Å². The second-order valence-electron chi connectivity index (χ2n) is 4.09. The molecule has 0 saturated carbocycles. The topological polar surface area (TPSA) is 79.9 Å². The number of alkyl halides is 1. The number of benzene rings is 1. The van der Waals surface area contributed by atoms with Crippen LogP contribution in [0.4, 0.5) is 0 Å². The Morgan fingerprint density at radius 1 is 1.42 bits per heavy atom. The maximum absolute atomic E-state index is 11.8. The van der Waals surface area contributed by atoms with Crippen LogP contribution < -0.4 is 10.4 Å². The molecule has 1 aromatic heterocycles. The van der Waals surface area contributed by atoms with Gasteiger partial charge in [-0.15, -0.1) is 11.6 Å². The fourth-order valence-electron chi connectivity index (χ4n) is 1.83. The van der Waals surface area contributed by atoms with Gasteiger partial charge in [-0.3, -0.25) is 0 Å². The zero-order chi connectivity index (χ0) is 14.0. The lowest BCUT2D eigenvalue weighted by molar-refractivity contribution is 0.286. The van der Waals surface area contributed by atoms with Gasteiger partial charge in [-0.2, -0.15) is 0 Å². The number of phenolic OH excluding ortho intramolecular Hbond substituents is 1. The van der Waals surface area contributed by atoms with E-state index in [-0.39, 0.29) is 24.2 Å². The molecule has 2 aromatic rings. The van der Waals surface area contributed by atoms with Crippen LogP contribution in [-0.4, -0.2) is 29.3 Å². The molecule has 19 heavy (non-hydrogen) atoms. The molecule has 2 rings (SSSR count). The quantitative estimate of drug-likeness (QED) is 0.835. The number of methoxy groups -OCH3 is 1. The molecule has 1 atom stereocenters. The molecular formula is C13H13ClO5. The molecule has 0 radical (unpaired) electrons. The zero-order valence-corrected chi connectivity index (χ0v) is 11.0. The Labute approximate surface area is 114 Å². The van der Waals surface area contributed by atoms with Crippen LogP contribution in [0.5, 0.6) is 11.5 Å². The minimum absolute atomic E-state index is 0.0969. The number of ether oxygens (including phenoxy) is 1. The molecule has 5 nitrogen and oxygen atoms in total. The molecule has 0 aliphatic carbocycles. The van der Waals surface area contributed by atoms with Crippen molar-refractivity contribution >= 4 is 22.4 Å². The Balaban J connectivity index is 2.58. The normalized spacial score (nSPS) is 12.6. The lowest BCUT2D eigenvalue weighted by Gasteiger charge is -2.08. The maximum Gasteiger partial charge on any atom is 0.347 e. The van der Waals surface area contributed by atoms with Crippen LogP contribution in [0.25, 0.3) is 10.8 Å². The van der Waals surface area contributed by atoms with Crippen LogP contribution in [0.15, 0.2) is 27.4 Å². The smallest absolute Gasteiger partial charge is 0.347 e. The summed E-state index contributed by atoms with van der Waals surface area (Å²) >= 11 is 5.81. The van der Waals surface area contributed by atoms with E-state index in [1.807, 2.05) is 0 Å². The number of fused-ring (bicyclic) bond motifs is 1. The van der Waals surface area contributed by atoms with E-state index < -0.39 is 11.0 Å². The minimum atomic E-state index is -0.644. The summed E-state index contributed by atoms with van der Waals surface area (Å²) in [5.41, 5.74) is -0.644. The van der Waals surface area contributed by atoms with Crippen molar-refractivity contribution in [2.24, 2.45) is 0 Å². The van der Waals surface area contributed by atoms with Gasteiger partial charge in [-0.1, -0.05) is 0 Å². The number of hydrogen-bond donors (Lipinski definition) is 2. The number of aromatic hydroxyl groups is 1. The van der Waals surface area contributed by atoms with Crippen molar-refractivity contribution in [2.45, 2.75) is 11.8 Å². The van der Waals surface area contributed by atoms with Gasteiger partial charge in [0.2, 0.25) is 0 Å². The fraction of sp³-hybridized carbons (Fsp3) is 0.308. The van der Waals surface area contributed by atoms with Crippen LogP contribution >= 0.6 is 11.6 Å². The molecule has 0 saturated heterocycles. The number of rotatable bonds is 4. The van der Waals surface area contributed by atoms with E-state index in [2.05, 4.69) is 0 Å². The molecule has 0 spiro atoms. The Morgan fingerprint density at radius 2 is 2.16 bits per heavy atom. The second kappa shape index (κ2) is 5.50. The molecule has 0 unspecified atom stereocenters. The third-order valence-corrected chi connectivity index (χ3v) is 3.01. The summed E-state index contributed by atoms with van der Waals surface area (Å²) in [6.45, 7) is -0.216. The van der Waals surface area contributed by atoms with E-state index in [0.717, 1.165) is 0 Å². The third kappa shape index (κ3) is 2.83. The summed E-state index contributed by atoms with van der Waals surface area (Å²) in [6.07, 6.45) is 0.223. The Bertz CT molecular complexity index is 649. The Kier molecular flexibility index (Phi) is 3.97. The molecule has 6 heteroatoms. The molecule has 0 aliphatic rings. The van der Waals surface area contributed by atoms with Gasteiger partial charge in [-0.25, -0.2) is 4.79 Å². The SMILES string of the molecule is COc1cc(O)c2c(=O)oc(C[C@@H](Cl)CO)cc2c1. The molecule has 0 aliphatic heterocycles. The van der Waals surface area contributed by atoms with Crippen molar-refractivity contribution in [1.29, 1.82) is 0 Å². The molecular weight excluding hydrogens is 272 g/mol. The first-order valence-electron chi connectivity index (χ1n) is 5.63. The zero-order valence-electron chi connectivity index (χ0n) is 10.2. The summed E-state index contributed by atoms with van der Waals surface area (Å²) < 4.78 is 10.1. The van der Waals surface area contributed by atoms with Crippen molar-refractivity contribution < 1.29 is 19.4 Å².